The number of nitrogens with one attached hydrogen (secondary N) is 1. The molecule has 8 heteroatoms. The quantitative estimate of drug-likeness (QED) is 0.725. The van der Waals surface area contributed by atoms with Gasteiger partial charge in [0.15, 0.2) is 5.82 Å². The number of unbranched alkanes of at least 4 members (excludes halogenated alkanes) is 2. The molecule has 0 aliphatic carbocycles. The topological polar surface area (TPSA) is 92.5 Å². The summed E-state index contributed by atoms with van der Waals surface area (Å²) in [5.41, 5.74) is 0. The van der Waals surface area contributed by atoms with Crippen LogP contribution >= 0.6 is 0 Å². The molecular formula is C12H21N3O4S. The van der Waals surface area contributed by atoms with E-state index in [1.807, 2.05) is 0 Å². The number of aryl methyl sites for hydroxylation is 1. The molecule has 0 bridgehead atoms. The van der Waals surface area contributed by atoms with E-state index in [-0.39, 0.29) is 18.3 Å². The maximum absolute atomic E-state index is 11.8. The minimum Gasteiger partial charge on any atom is -0.360 e. The smallest absolute Gasteiger partial charge is 0.240 e. The molecule has 0 aliphatic rings. The number of aromatic nitrogens is 1. The van der Waals surface area contributed by atoms with Crippen LogP contribution in [0.2, 0.25) is 0 Å². The van der Waals surface area contributed by atoms with Crippen LogP contribution in [0.5, 0.6) is 0 Å². The van der Waals surface area contributed by atoms with Crippen LogP contribution in [-0.4, -0.2) is 38.8 Å². The third-order valence-corrected chi connectivity index (χ3v) is 3.78. The number of carbonyl (C=O) groups is 1. The van der Waals surface area contributed by atoms with E-state index in [2.05, 4.69) is 17.4 Å². The third-order valence-electron chi connectivity index (χ3n) is 2.66. The Kier molecular flexibility index (Phi) is 6.00. The van der Waals surface area contributed by atoms with Crippen LogP contribution in [0.15, 0.2) is 10.6 Å². The van der Waals surface area contributed by atoms with E-state index in [0.717, 1.165) is 29.8 Å². The zero-order chi connectivity index (χ0) is 15.2. The molecule has 1 aromatic rings. The highest BCUT2D eigenvalue weighted by Crippen LogP contribution is 2.16. The Bertz CT molecular complexity index is 539. The lowest BCUT2D eigenvalue weighted by Gasteiger charge is -2.18. The monoisotopic (exact) mass is 303 g/mol. The highest BCUT2D eigenvalue weighted by Gasteiger charge is 2.23. The number of amides is 1. The Hall–Kier alpha value is -1.57. The van der Waals surface area contributed by atoms with Crippen molar-refractivity contribution in [1.29, 1.82) is 0 Å². The normalized spacial score (nSPS) is 11.3. The summed E-state index contributed by atoms with van der Waals surface area (Å²) in [4.78, 5) is 11.8. The van der Waals surface area contributed by atoms with E-state index < -0.39 is 10.0 Å². The molecule has 20 heavy (non-hydrogen) atoms. The van der Waals surface area contributed by atoms with E-state index in [9.17, 15) is 13.2 Å². The predicted molar refractivity (Wildman–Crippen MR) is 76.0 cm³/mol. The van der Waals surface area contributed by atoms with Gasteiger partial charge in [-0.1, -0.05) is 24.9 Å². The molecule has 1 N–H and O–H groups in total. The first kappa shape index (κ1) is 16.5. The number of rotatable bonds is 8. The van der Waals surface area contributed by atoms with Crippen LogP contribution < -0.4 is 9.62 Å². The van der Waals surface area contributed by atoms with Crippen molar-refractivity contribution < 1.29 is 17.7 Å². The zero-order valence-corrected chi connectivity index (χ0v) is 12.9. The van der Waals surface area contributed by atoms with E-state index >= 15 is 0 Å². The summed E-state index contributed by atoms with van der Waals surface area (Å²) in [5.74, 6) is 0.248. The fourth-order valence-corrected chi connectivity index (χ4v) is 2.41. The number of hydrogen-bond donors (Lipinski definition) is 1. The van der Waals surface area contributed by atoms with Crippen LogP contribution in [0.3, 0.4) is 0 Å². The second-order valence-electron chi connectivity index (χ2n) is 4.62. The van der Waals surface area contributed by atoms with Gasteiger partial charge in [0.1, 0.15) is 12.3 Å². The summed E-state index contributed by atoms with van der Waals surface area (Å²) in [5, 5.41) is 6.33. The summed E-state index contributed by atoms with van der Waals surface area (Å²) in [6.07, 6.45) is 3.99. The lowest BCUT2D eigenvalue weighted by Crippen LogP contribution is -2.40. The Morgan fingerprint density at radius 3 is 2.65 bits per heavy atom. The van der Waals surface area contributed by atoms with Crippen LogP contribution in [0.25, 0.3) is 0 Å². The highest BCUT2D eigenvalue weighted by atomic mass is 32.2. The molecule has 114 valence electrons. The number of sulfonamides is 1. The summed E-state index contributed by atoms with van der Waals surface area (Å²) < 4.78 is 29.2. The van der Waals surface area contributed by atoms with Gasteiger partial charge in [0, 0.05) is 12.6 Å². The van der Waals surface area contributed by atoms with E-state index in [1.165, 1.54) is 6.07 Å². The molecule has 0 unspecified atom stereocenters. The zero-order valence-electron chi connectivity index (χ0n) is 12.0. The van der Waals surface area contributed by atoms with E-state index in [0.29, 0.717) is 12.3 Å². The van der Waals surface area contributed by atoms with Crippen molar-refractivity contribution in [2.75, 3.05) is 23.7 Å². The third kappa shape index (κ3) is 5.20. The Balaban J connectivity index is 2.65. The minimum absolute atomic E-state index is 0.119. The molecule has 1 heterocycles. The molecule has 7 nitrogen and oxygen atoms in total. The minimum atomic E-state index is -3.58. The maximum atomic E-state index is 11.8. The van der Waals surface area contributed by atoms with Gasteiger partial charge in [0.2, 0.25) is 15.9 Å². The number of hydrogen-bond acceptors (Lipinski definition) is 5. The standard InChI is InChI=1S/C12H21N3O4S/c1-4-5-6-7-13-12(16)9-15(20(3,17)18)11-8-10(2)19-14-11/h8H,4-7,9H2,1-3H3,(H,13,16). The second kappa shape index (κ2) is 7.28. The van der Waals surface area contributed by atoms with Gasteiger partial charge in [-0.25, -0.2) is 12.7 Å². The van der Waals surface area contributed by atoms with Crippen molar-refractivity contribution in [1.82, 2.24) is 10.5 Å². The molecule has 0 aliphatic heterocycles. The second-order valence-corrected chi connectivity index (χ2v) is 6.53. The maximum Gasteiger partial charge on any atom is 0.240 e. The van der Waals surface area contributed by atoms with Crippen LogP contribution in [0, 0.1) is 6.92 Å². The fraction of sp³-hybridized carbons (Fsp3) is 0.667. The van der Waals surface area contributed by atoms with Crippen molar-refractivity contribution in [2.24, 2.45) is 0 Å². The van der Waals surface area contributed by atoms with Crippen molar-refractivity contribution in [3.05, 3.63) is 11.8 Å². The molecule has 1 amide bonds. The first-order valence-electron chi connectivity index (χ1n) is 6.52. The van der Waals surface area contributed by atoms with E-state index in [4.69, 9.17) is 4.52 Å². The first-order chi connectivity index (χ1) is 9.34. The first-order valence-corrected chi connectivity index (χ1v) is 8.37. The van der Waals surface area contributed by atoms with Crippen molar-refractivity contribution in [3.8, 4) is 0 Å². The molecule has 1 aromatic heterocycles. The van der Waals surface area contributed by atoms with Gasteiger partial charge in [0.05, 0.1) is 6.26 Å². The molecule has 0 radical (unpaired) electrons. The Morgan fingerprint density at radius 2 is 2.15 bits per heavy atom. The molecule has 0 aromatic carbocycles. The average Bonchev–Trinajstić information content (AvgIpc) is 2.76. The van der Waals surface area contributed by atoms with Crippen molar-refractivity contribution in [2.45, 2.75) is 33.1 Å². The van der Waals surface area contributed by atoms with Gasteiger partial charge < -0.3 is 9.84 Å². The van der Waals surface area contributed by atoms with Gasteiger partial charge in [-0.2, -0.15) is 0 Å². The van der Waals surface area contributed by atoms with Crippen LogP contribution in [0.1, 0.15) is 31.9 Å². The number of carbonyl (C=O) groups excluding carboxylic acids is 1. The molecular weight excluding hydrogens is 282 g/mol. The largest absolute Gasteiger partial charge is 0.360 e. The van der Waals surface area contributed by atoms with Gasteiger partial charge >= 0.3 is 0 Å². The molecule has 0 fully saturated rings. The molecule has 0 saturated carbocycles. The molecule has 0 saturated heterocycles. The Labute approximate surface area is 119 Å². The number of anilines is 1. The van der Waals surface area contributed by atoms with Crippen molar-refractivity contribution in [3.63, 3.8) is 0 Å². The highest BCUT2D eigenvalue weighted by molar-refractivity contribution is 7.92. The van der Waals surface area contributed by atoms with Gasteiger partial charge in [-0.15, -0.1) is 0 Å². The SMILES string of the molecule is CCCCCNC(=O)CN(c1cc(C)on1)S(C)(=O)=O. The van der Waals surface area contributed by atoms with Gasteiger partial charge in [0.25, 0.3) is 0 Å². The Morgan fingerprint density at radius 1 is 1.45 bits per heavy atom. The molecule has 1 rings (SSSR count). The van der Waals surface area contributed by atoms with Gasteiger partial charge in [-0.3, -0.25) is 4.79 Å². The summed E-state index contributed by atoms with van der Waals surface area (Å²) in [7, 11) is -3.58. The van der Waals surface area contributed by atoms with E-state index in [1.54, 1.807) is 6.92 Å². The summed E-state index contributed by atoms with van der Waals surface area (Å²) in [6.45, 7) is 3.97. The average molecular weight is 303 g/mol. The van der Waals surface area contributed by atoms with Gasteiger partial charge in [-0.05, 0) is 13.3 Å². The van der Waals surface area contributed by atoms with Crippen molar-refractivity contribution >= 4 is 21.7 Å². The summed E-state index contributed by atoms with van der Waals surface area (Å²) >= 11 is 0. The lowest BCUT2D eigenvalue weighted by molar-refractivity contribution is -0.119. The number of nitrogens with zero attached hydrogens (tertiary/aromatic N) is 2. The van der Waals surface area contributed by atoms with Crippen LogP contribution in [0.4, 0.5) is 5.82 Å². The molecule has 0 atom stereocenters. The fourth-order valence-electron chi connectivity index (χ4n) is 1.63. The lowest BCUT2D eigenvalue weighted by atomic mass is 10.2. The molecule has 0 spiro atoms. The van der Waals surface area contributed by atoms with Crippen LogP contribution in [-0.2, 0) is 14.8 Å². The predicted octanol–water partition coefficient (Wildman–Crippen LogP) is 1.06. The summed E-state index contributed by atoms with van der Waals surface area (Å²) in [6, 6.07) is 1.48.